The number of anilines is 2. The van der Waals surface area contributed by atoms with E-state index in [2.05, 4.69) is 10.2 Å². The number of rotatable bonds is 6. The number of β-amino-alcohol motifs (C(OH)–C–C–N with tert-alkyl or cyclic N) is 1. The van der Waals surface area contributed by atoms with Gasteiger partial charge in [-0.3, -0.25) is 9.59 Å². The molecule has 10 heteroatoms. The quantitative estimate of drug-likeness (QED) is 0.371. The van der Waals surface area contributed by atoms with Gasteiger partial charge in [0.15, 0.2) is 12.2 Å². The predicted octanol–water partition coefficient (Wildman–Crippen LogP) is -0.944. The first kappa shape index (κ1) is 22.3. The lowest BCUT2D eigenvalue weighted by Gasteiger charge is -2.34. The molecule has 0 aromatic heterocycles. The fraction of sp³-hybridized carbons (Fsp3) is 0.600. The van der Waals surface area contributed by atoms with E-state index < -0.39 is 30.1 Å². The lowest BCUT2D eigenvalue weighted by molar-refractivity contribution is -0.152. The molecule has 1 aromatic carbocycles. The maximum Gasteiger partial charge on any atom is 0.254 e. The summed E-state index contributed by atoms with van der Waals surface area (Å²) in [5, 5.41) is 32.1. The van der Waals surface area contributed by atoms with Gasteiger partial charge in [0.1, 0.15) is 5.82 Å². The first-order valence-corrected chi connectivity index (χ1v) is 10.2. The standard InChI is InChI=1S/C20H29FN4O5/c21-13-1-2-16(15(22)9-13)24-6-3-12(4-7-24)10-23-19(29)17(27)18(28)20(30)25-8-5-14(26)11-25/h1-2,9,12,14,17-18,26-28H,3-8,10-11,22H2,(H,23,29)/t14-,17-,18-/m1/s1. The number of piperidine rings is 1. The number of halogens is 1. The molecule has 3 rings (SSSR count). The summed E-state index contributed by atoms with van der Waals surface area (Å²) in [5.74, 6) is -1.78. The minimum atomic E-state index is -1.87. The molecule has 2 aliphatic heterocycles. The van der Waals surface area contributed by atoms with E-state index in [9.17, 15) is 29.3 Å². The first-order chi connectivity index (χ1) is 14.3. The normalized spacial score (nSPS) is 22.1. The number of nitrogen functional groups attached to an aromatic ring is 1. The molecule has 2 aliphatic rings. The zero-order valence-corrected chi connectivity index (χ0v) is 16.7. The highest BCUT2D eigenvalue weighted by molar-refractivity contribution is 5.90. The van der Waals surface area contributed by atoms with E-state index in [4.69, 9.17) is 5.73 Å². The number of nitrogens with zero attached hydrogens (tertiary/aromatic N) is 2. The zero-order valence-electron chi connectivity index (χ0n) is 16.7. The molecule has 3 atom stereocenters. The van der Waals surface area contributed by atoms with Gasteiger partial charge in [0.2, 0.25) is 0 Å². The Morgan fingerprint density at radius 2 is 1.87 bits per heavy atom. The van der Waals surface area contributed by atoms with E-state index in [1.165, 1.54) is 17.0 Å². The average Bonchev–Trinajstić information content (AvgIpc) is 3.17. The molecule has 6 N–H and O–H groups in total. The summed E-state index contributed by atoms with van der Waals surface area (Å²) in [6.07, 6.45) is -2.44. The van der Waals surface area contributed by atoms with E-state index >= 15 is 0 Å². The second kappa shape index (κ2) is 9.59. The molecule has 0 bridgehead atoms. The van der Waals surface area contributed by atoms with Crippen molar-refractivity contribution in [2.45, 2.75) is 37.6 Å². The van der Waals surface area contributed by atoms with Crippen LogP contribution in [-0.2, 0) is 9.59 Å². The van der Waals surface area contributed by atoms with Gasteiger partial charge in [-0.25, -0.2) is 4.39 Å². The Morgan fingerprint density at radius 3 is 2.47 bits per heavy atom. The third kappa shape index (κ3) is 5.18. The topological polar surface area (TPSA) is 139 Å². The largest absolute Gasteiger partial charge is 0.397 e. The Balaban J connectivity index is 1.43. The summed E-state index contributed by atoms with van der Waals surface area (Å²) in [5.41, 5.74) is 7.05. The fourth-order valence-corrected chi connectivity index (χ4v) is 3.95. The van der Waals surface area contributed by atoms with Crippen molar-refractivity contribution in [2.24, 2.45) is 5.92 Å². The molecule has 0 unspecified atom stereocenters. The van der Waals surface area contributed by atoms with Crippen LogP contribution in [-0.4, -0.2) is 83.1 Å². The van der Waals surface area contributed by atoms with E-state index in [1.807, 2.05) is 0 Å². The third-order valence-corrected chi connectivity index (χ3v) is 5.81. The van der Waals surface area contributed by atoms with Crippen LogP contribution in [0.1, 0.15) is 19.3 Å². The van der Waals surface area contributed by atoms with Crippen LogP contribution in [0.25, 0.3) is 0 Å². The molecule has 2 fully saturated rings. The van der Waals surface area contributed by atoms with E-state index in [0.29, 0.717) is 31.7 Å². The van der Waals surface area contributed by atoms with Crippen LogP contribution in [0.2, 0.25) is 0 Å². The van der Waals surface area contributed by atoms with Crippen molar-refractivity contribution < 1.29 is 29.3 Å². The molecule has 2 saturated heterocycles. The van der Waals surface area contributed by atoms with Crippen molar-refractivity contribution in [2.75, 3.05) is 43.4 Å². The molecule has 166 valence electrons. The Labute approximate surface area is 174 Å². The van der Waals surface area contributed by atoms with Gasteiger partial charge in [0, 0.05) is 32.7 Å². The van der Waals surface area contributed by atoms with Gasteiger partial charge >= 0.3 is 0 Å². The monoisotopic (exact) mass is 424 g/mol. The van der Waals surface area contributed by atoms with Crippen LogP contribution in [0.3, 0.4) is 0 Å². The highest BCUT2D eigenvalue weighted by Crippen LogP contribution is 2.28. The van der Waals surface area contributed by atoms with E-state index in [0.717, 1.165) is 18.5 Å². The van der Waals surface area contributed by atoms with Crippen molar-refractivity contribution in [3.63, 3.8) is 0 Å². The Kier molecular flexibility index (Phi) is 7.11. The Bertz CT molecular complexity index is 772. The number of likely N-dealkylation sites (tertiary alicyclic amines) is 1. The number of hydrogen-bond donors (Lipinski definition) is 5. The summed E-state index contributed by atoms with van der Waals surface area (Å²) in [4.78, 5) is 27.6. The molecule has 2 amide bonds. The van der Waals surface area contributed by atoms with Gasteiger partial charge in [0.05, 0.1) is 17.5 Å². The lowest BCUT2D eigenvalue weighted by Crippen LogP contribution is -2.51. The number of aliphatic hydroxyl groups excluding tert-OH is 3. The average molecular weight is 424 g/mol. The molecule has 1 aromatic rings. The fourth-order valence-electron chi connectivity index (χ4n) is 3.95. The SMILES string of the molecule is Nc1cc(F)ccc1N1CCC(CNC(=O)[C@H](O)[C@@H](O)C(=O)N2CC[C@@H](O)C2)CC1. The van der Waals surface area contributed by atoms with Crippen molar-refractivity contribution in [1.82, 2.24) is 10.2 Å². The third-order valence-electron chi connectivity index (χ3n) is 5.81. The minimum absolute atomic E-state index is 0.0847. The molecule has 0 saturated carbocycles. The summed E-state index contributed by atoms with van der Waals surface area (Å²) < 4.78 is 13.2. The van der Waals surface area contributed by atoms with Crippen LogP contribution in [0.15, 0.2) is 18.2 Å². The van der Waals surface area contributed by atoms with Crippen molar-refractivity contribution in [3.05, 3.63) is 24.0 Å². The number of aliphatic hydroxyl groups is 3. The number of carbonyl (C=O) groups excluding carboxylic acids is 2. The minimum Gasteiger partial charge on any atom is -0.397 e. The molecule has 9 nitrogen and oxygen atoms in total. The van der Waals surface area contributed by atoms with Gasteiger partial charge < -0.3 is 36.2 Å². The van der Waals surface area contributed by atoms with Crippen molar-refractivity contribution >= 4 is 23.2 Å². The first-order valence-electron chi connectivity index (χ1n) is 10.2. The Hall–Kier alpha value is -2.43. The second-order valence-electron chi connectivity index (χ2n) is 8.00. The molecular formula is C20H29FN4O5. The number of amides is 2. The van der Waals surface area contributed by atoms with Gasteiger partial charge in [-0.15, -0.1) is 0 Å². The smallest absolute Gasteiger partial charge is 0.254 e. The van der Waals surface area contributed by atoms with E-state index in [1.54, 1.807) is 6.07 Å². The van der Waals surface area contributed by atoms with Gasteiger partial charge in [-0.1, -0.05) is 0 Å². The summed E-state index contributed by atoms with van der Waals surface area (Å²) in [6, 6.07) is 4.31. The summed E-state index contributed by atoms with van der Waals surface area (Å²) in [6.45, 7) is 2.06. The summed E-state index contributed by atoms with van der Waals surface area (Å²) >= 11 is 0. The maximum atomic E-state index is 13.2. The number of nitrogens with one attached hydrogen (secondary N) is 1. The highest BCUT2D eigenvalue weighted by atomic mass is 19.1. The Morgan fingerprint density at radius 1 is 1.17 bits per heavy atom. The van der Waals surface area contributed by atoms with Crippen LogP contribution in [0.4, 0.5) is 15.8 Å². The zero-order chi connectivity index (χ0) is 21.8. The highest BCUT2D eigenvalue weighted by Gasteiger charge is 2.36. The number of carbonyl (C=O) groups is 2. The molecule has 0 radical (unpaired) electrons. The molecule has 2 heterocycles. The lowest BCUT2D eigenvalue weighted by atomic mass is 9.96. The number of hydrogen-bond acceptors (Lipinski definition) is 7. The van der Waals surface area contributed by atoms with Gasteiger partial charge in [0.25, 0.3) is 11.8 Å². The summed E-state index contributed by atoms with van der Waals surface area (Å²) in [7, 11) is 0. The van der Waals surface area contributed by atoms with Crippen LogP contribution in [0.5, 0.6) is 0 Å². The number of benzene rings is 1. The van der Waals surface area contributed by atoms with E-state index in [-0.39, 0.29) is 24.8 Å². The predicted molar refractivity (Wildman–Crippen MR) is 108 cm³/mol. The molecular weight excluding hydrogens is 395 g/mol. The van der Waals surface area contributed by atoms with Crippen LogP contribution >= 0.6 is 0 Å². The number of nitrogens with two attached hydrogens (primary N) is 1. The molecule has 30 heavy (non-hydrogen) atoms. The second-order valence-corrected chi connectivity index (χ2v) is 8.00. The van der Waals surface area contributed by atoms with Crippen molar-refractivity contribution in [3.8, 4) is 0 Å². The van der Waals surface area contributed by atoms with Crippen LogP contribution in [0, 0.1) is 11.7 Å². The maximum absolute atomic E-state index is 13.2. The molecule has 0 aliphatic carbocycles. The van der Waals surface area contributed by atoms with Gasteiger partial charge in [-0.05, 0) is 43.4 Å². The van der Waals surface area contributed by atoms with Crippen molar-refractivity contribution in [1.29, 1.82) is 0 Å². The van der Waals surface area contributed by atoms with Crippen LogP contribution < -0.4 is 16.0 Å². The molecule has 0 spiro atoms. The van der Waals surface area contributed by atoms with Gasteiger partial charge in [-0.2, -0.15) is 0 Å².